The molecule has 1 saturated heterocycles. The largest absolute Gasteiger partial charge is 0.360 e. The van der Waals surface area contributed by atoms with Gasteiger partial charge in [0, 0.05) is 10.6 Å². The third kappa shape index (κ3) is 2.40. The van der Waals surface area contributed by atoms with E-state index in [1.165, 1.54) is 19.3 Å². The average Bonchev–Trinajstić information content (AvgIpc) is 3.46. The summed E-state index contributed by atoms with van der Waals surface area (Å²) in [6.07, 6.45) is 6.06. The lowest BCUT2D eigenvalue weighted by molar-refractivity contribution is 0.234. The summed E-state index contributed by atoms with van der Waals surface area (Å²) in [5, 5.41) is 1.42. The molecule has 4 rings (SSSR count). The molecular weight excluding hydrogens is 303 g/mol. The molecule has 2 nitrogen and oxygen atoms in total. The lowest BCUT2D eigenvalue weighted by Crippen LogP contribution is -2.35. The van der Waals surface area contributed by atoms with Crippen LogP contribution in [0.3, 0.4) is 0 Å². The van der Waals surface area contributed by atoms with Crippen molar-refractivity contribution < 1.29 is 9.30 Å². The Balaban J connectivity index is 1.85. The van der Waals surface area contributed by atoms with Crippen molar-refractivity contribution in [2.75, 3.05) is 6.61 Å². The summed E-state index contributed by atoms with van der Waals surface area (Å²) < 4.78 is 20.5. The predicted octanol–water partition coefficient (Wildman–Crippen LogP) is 4.31. The number of rotatable bonds is 4. The van der Waals surface area contributed by atoms with Gasteiger partial charge in [-0.3, -0.25) is 0 Å². The maximum Gasteiger partial charge on any atom is 0.176 e. The lowest BCUT2D eigenvalue weighted by atomic mass is 9.87. The molecule has 0 aromatic heterocycles. The second-order valence-electron chi connectivity index (χ2n) is 6.75. The average molecular weight is 326 g/mol. The highest BCUT2D eigenvalue weighted by atomic mass is 31.2. The zero-order chi connectivity index (χ0) is 15.8. The van der Waals surface area contributed by atoms with Gasteiger partial charge < -0.3 is 9.30 Å². The number of hydrogen-bond acceptors (Lipinski definition) is 2. The van der Waals surface area contributed by atoms with E-state index in [2.05, 4.69) is 0 Å². The van der Waals surface area contributed by atoms with Gasteiger partial charge in [0.2, 0.25) is 0 Å². The fourth-order valence-electron chi connectivity index (χ4n) is 4.16. The highest BCUT2D eigenvalue weighted by Crippen LogP contribution is 2.68. The van der Waals surface area contributed by atoms with Gasteiger partial charge in [-0.05, 0) is 18.8 Å². The molecule has 23 heavy (non-hydrogen) atoms. The van der Waals surface area contributed by atoms with Gasteiger partial charge in [-0.1, -0.05) is 79.9 Å². The molecule has 2 aromatic rings. The van der Waals surface area contributed by atoms with Crippen LogP contribution in [0.2, 0.25) is 0 Å². The maximum atomic E-state index is 14.5. The number of benzene rings is 2. The number of ether oxygens (including phenoxy) is 1. The molecule has 2 aliphatic rings. The van der Waals surface area contributed by atoms with Crippen LogP contribution in [0.15, 0.2) is 60.7 Å². The Morgan fingerprint density at radius 2 is 1.30 bits per heavy atom. The van der Waals surface area contributed by atoms with Gasteiger partial charge in [0.05, 0.1) is 6.61 Å². The SMILES string of the molecule is O=P(c1ccccc1)(c1ccccc1)C1(C2CCCCC2)CO1. The monoisotopic (exact) mass is 326 g/mol. The van der Waals surface area contributed by atoms with Crippen molar-refractivity contribution in [1.82, 2.24) is 0 Å². The molecule has 1 atom stereocenters. The summed E-state index contributed by atoms with van der Waals surface area (Å²) in [5.74, 6) is 0.419. The first-order valence-electron chi connectivity index (χ1n) is 8.63. The molecule has 2 aromatic carbocycles. The molecule has 3 heteroatoms. The highest BCUT2D eigenvalue weighted by molar-refractivity contribution is 7.80. The van der Waals surface area contributed by atoms with E-state index in [0.29, 0.717) is 12.5 Å². The zero-order valence-corrected chi connectivity index (χ0v) is 14.3. The molecule has 120 valence electrons. The van der Waals surface area contributed by atoms with Crippen molar-refractivity contribution in [3.8, 4) is 0 Å². The third-order valence-corrected chi connectivity index (χ3v) is 9.20. The lowest BCUT2D eigenvalue weighted by Gasteiger charge is -2.34. The van der Waals surface area contributed by atoms with Crippen molar-refractivity contribution in [3.05, 3.63) is 60.7 Å². The van der Waals surface area contributed by atoms with Crippen LogP contribution in [-0.4, -0.2) is 11.9 Å². The predicted molar refractivity (Wildman–Crippen MR) is 95.0 cm³/mol. The summed E-state index contributed by atoms with van der Waals surface area (Å²) in [4.78, 5) is 0. The minimum Gasteiger partial charge on any atom is -0.360 e. The Hall–Kier alpha value is -1.37. The normalized spacial score (nSPS) is 25.2. The van der Waals surface area contributed by atoms with Crippen LogP contribution < -0.4 is 10.6 Å². The van der Waals surface area contributed by atoms with Crippen molar-refractivity contribution >= 4 is 17.8 Å². The van der Waals surface area contributed by atoms with Crippen molar-refractivity contribution in [1.29, 1.82) is 0 Å². The summed E-state index contributed by atoms with van der Waals surface area (Å²) in [7, 11) is -2.81. The van der Waals surface area contributed by atoms with E-state index < -0.39 is 12.5 Å². The molecule has 1 saturated carbocycles. The molecule has 2 fully saturated rings. The molecule has 0 N–H and O–H groups in total. The van der Waals surface area contributed by atoms with E-state index in [0.717, 1.165) is 23.5 Å². The number of epoxide rings is 1. The minimum absolute atomic E-state index is 0.419. The molecule has 0 spiro atoms. The molecule has 0 radical (unpaired) electrons. The first-order chi connectivity index (χ1) is 11.3. The van der Waals surface area contributed by atoms with Gasteiger partial charge in [-0.25, -0.2) is 0 Å². The zero-order valence-electron chi connectivity index (χ0n) is 13.4. The Bertz CT molecular complexity index is 657. The van der Waals surface area contributed by atoms with Gasteiger partial charge >= 0.3 is 0 Å². The molecular formula is C20H23O2P. The Morgan fingerprint density at radius 3 is 1.74 bits per heavy atom. The summed E-state index contributed by atoms with van der Waals surface area (Å²) in [5.41, 5.74) is 0. The fraction of sp³-hybridized carbons (Fsp3) is 0.400. The van der Waals surface area contributed by atoms with Gasteiger partial charge in [0.25, 0.3) is 0 Å². The van der Waals surface area contributed by atoms with E-state index in [9.17, 15) is 4.57 Å². The molecule has 0 bridgehead atoms. The number of hydrogen-bond donors (Lipinski definition) is 0. The summed E-state index contributed by atoms with van der Waals surface area (Å²) in [6.45, 7) is 0.638. The van der Waals surface area contributed by atoms with Crippen molar-refractivity contribution in [2.24, 2.45) is 5.92 Å². The van der Waals surface area contributed by atoms with Crippen LogP contribution in [0.5, 0.6) is 0 Å². The molecule has 1 aliphatic carbocycles. The first-order valence-corrected chi connectivity index (χ1v) is 10.3. The first kappa shape index (κ1) is 15.2. The van der Waals surface area contributed by atoms with Crippen LogP contribution >= 0.6 is 7.14 Å². The second kappa shape index (κ2) is 5.92. The molecule has 1 aliphatic heterocycles. The van der Waals surface area contributed by atoms with E-state index in [1.807, 2.05) is 60.7 Å². The van der Waals surface area contributed by atoms with Crippen LogP contribution in [0.1, 0.15) is 32.1 Å². The Labute approximate surface area is 138 Å². The van der Waals surface area contributed by atoms with Crippen molar-refractivity contribution in [3.63, 3.8) is 0 Å². The third-order valence-electron chi connectivity index (χ3n) is 5.46. The molecule has 0 amide bonds. The van der Waals surface area contributed by atoms with E-state index in [1.54, 1.807) is 0 Å². The topological polar surface area (TPSA) is 29.6 Å². The van der Waals surface area contributed by atoms with Crippen LogP contribution in [0.25, 0.3) is 0 Å². The standard InChI is InChI=1S/C20H23O2P/c21-23(18-12-6-2-7-13-18,19-14-8-3-9-15-19)20(16-22-20)17-10-4-1-5-11-17/h2-3,6-9,12-15,17H,1,4-5,10-11,16H2. The Kier molecular flexibility index (Phi) is 3.91. The van der Waals surface area contributed by atoms with Gasteiger partial charge in [0.15, 0.2) is 12.5 Å². The molecule has 1 heterocycles. The van der Waals surface area contributed by atoms with Gasteiger partial charge in [-0.2, -0.15) is 0 Å². The van der Waals surface area contributed by atoms with Crippen molar-refractivity contribution in [2.45, 2.75) is 37.4 Å². The van der Waals surface area contributed by atoms with Gasteiger partial charge in [0.1, 0.15) is 0 Å². The fourth-order valence-corrected chi connectivity index (χ4v) is 7.72. The Morgan fingerprint density at radius 1 is 0.826 bits per heavy atom. The maximum absolute atomic E-state index is 14.5. The second-order valence-corrected chi connectivity index (χ2v) is 9.76. The minimum atomic E-state index is -2.81. The summed E-state index contributed by atoms with van der Waals surface area (Å²) in [6, 6.07) is 20.0. The van der Waals surface area contributed by atoms with Crippen LogP contribution in [0, 0.1) is 5.92 Å². The van der Waals surface area contributed by atoms with Gasteiger partial charge in [-0.15, -0.1) is 0 Å². The van der Waals surface area contributed by atoms with Crippen LogP contribution in [-0.2, 0) is 9.30 Å². The van der Waals surface area contributed by atoms with Crippen LogP contribution in [0.4, 0.5) is 0 Å². The highest BCUT2D eigenvalue weighted by Gasteiger charge is 2.64. The quantitative estimate of drug-likeness (QED) is 0.619. The van der Waals surface area contributed by atoms with E-state index >= 15 is 0 Å². The van der Waals surface area contributed by atoms with E-state index in [-0.39, 0.29) is 0 Å². The summed E-state index contributed by atoms with van der Waals surface area (Å²) >= 11 is 0. The molecule has 1 unspecified atom stereocenters. The smallest absolute Gasteiger partial charge is 0.176 e. The van der Waals surface area contributed by atoms with E-state index in [4.69, 9.17) is 4.74 Å².